The summed E-state index contributed by atoms with van der Waals surface area (Å²) in [5.41, 5.74) is 1.29. The van der Waals surface area contributed by atoms with Crippen molar-refractivity contribution in [1.29, 1.82) is 0 Å². The van der Waals surface area contributed by atoms with Gasteiger partial charge in [0.1, 0.15) is 0 Å². The third kappa shape index (κ3) is 4.01. The monoisotopic (exact) mass is 433 g/mol. The minimum atomic E-state index is -0.116. The number of rotatable bonds is 6. The number of thioether (sulfide) groups is 1. The number of aromatic nitrogens is 2. The van der Waals surface area contributed by atoms with Gasteiger partial charge in [0, 0.05) is 6.04 Å². The maximum atomic E-state index is 13.2. The second kappa shape index (κ2) is 8.50. The summed E-state index contributed by atoms with van der Waals surface area (Å²) in [5.74, 6) is 2.49. The van der Waals surface area contributed by atoms with Crippen LogP contribution in [0.25, 0.3) is 16.6 Å². The highest BCUT2D eigenvalue weighted by molar-refractivity contribution is 7.99. The van der Waals surface area contributed by atoms with Crippen LogP contribution in [0.4, 0.5) is 0 Å². The van der Waals surface area contributed by atoms with Crippen molar-refractivity contribution < 1.29 is 4.79 Å². The summed E-state index contributed by atoms with van der Waals surface area (Å²) in [6, 6.07) is 17.0. The predicted molar refractivity (Wildman–Crippen MR) is 125 cm³/mol. The Morgan fingerprint density at radius 2 is 1.90 bits per heavy atom. The molecule has 2 saturated carbocycles. The molecule has 1 heterocycles. The first-order valence-corrected chi connectivity index (χ1v) is 12.1. The Balaban J connectivity index is 1.36. The highest BCUT2D eigenvalue weighted by Gasteiger charge is 2.42. The van der Waals surface area contributed by atoms with Crippen molar-refractivity contribution in [3.05, 3.63) is 65.0 Å². The Bertz CT molecular complexity index is 1160. The van der Waals surface area contributed by atoms with Crippen molar-refractivity contribution in [1.82, 2.24) is 14.9 Å². The van der Waals surface area contributed by atoms with Crippen molar-refractivity contribution in [3.63, 3.8) is 0 Å². The summed E-state index contributed by atoms with van der Waals surface area (Å²) in [5, 5.41) is 4.33. The molecule has 1 amide bonds. The first kappa shape index (κ1) is 20.3. The number of carbonyl (C=O) groups excluding carboxylic acids is 1. The normalized spacial score (nSPS) is 23.2. The summed E-state index contributed by atoms with van der Waals surface area (Å²) >= 11 is 1.32. The number of fused-ring (bicyclic) bond motifs is 3. The van der Waals surface area contributed by atoms with Crippen LogP contribution in [0.1, 0.15) is 32.6 Å². The van der Waals surface area contributed by atoms with Crippen molar-refractivity contribution in [2.75, 3.05) is 5.75 Å². The molecule has 5 nitrogen and oxygen atoms in total. The molecule has 0 unspecified atom stereocenters. The molecule has 0 spiro atoms. The highest BCUT2D eigenvalue weighted by atomic mass is 32.2. The van der Waals surface area contributed by atoms with E-state index in [1.54, 1.807) is 10.6 Å². The van der Waals surface area contributed by atoms with E-state index in [-0.39, 0.29) is 23.3 Å². The maximum absolute atomic E-state index is 13.2. The Kier molecular flexibility index (Phi) is 5.57. The van der Waals surface area contributed by atoms with Crippen LogP contribution in [-0.2, 0) is 4.79 Å². The number of para-hydroxylation sites is 2. The minimum absolute atomic E-state index is 0.00212. The molecular weight excluding hydrogens is 406 g/mol. The van der Waals surface area contributed by atoms with Gasteiger partial charge in [-0.1, -0.05) is 48.5 Å². The molecule has 6 heteroatoms. The fourth-order valence-corrected chi connectivity index (χ4v) is 6.28. The molecule has 160 valence electrons. The number of nitrogens with zero attached hydrogens (tertiary/aromatic N) is 2. The molecule has 0 radical (unpaired) electrons. The number of hydrogen-bond acceptors (Lipinski definition) is 4. The van der Waals surface area contributed by atoms with Crippen LogP contribution in [0.5, 0.6) is 0 Å². The van der Waals surface area contributed by atoms with E-state index in [1.807, 2.05) is 48.5 Å². The Labute approximate surface area is 186 Å². The maximum Gasteiger partial charge on any atom is 0.266 e. The van der Waals surface area contributed by atoms with Crippen molar-refractivity contribution in [3.8, 4) is 5.69 Å². The lowest BCUT2D eigenvalue weighted by molar-refractivity contribution is -0.119. The molecular formula is C25H27N3O2S. The summed E-state index contributed by atoms with van der Waals surface area (Å²) < 4.78 is 1.61. The van der Waals surface area contributed by atoms with E-state index in [0.29, 0.717) is 22.0 Å². The van der Waals surface area contributed by atoms with Gasteiger partial charge in [0.2, 0.25) is 5.91 Å². The smallest absolute Gasteiger partial charge is 0.266 e. The molecule has 3 aromatic rings. The quantitative estimate of drug-likeness (QED) is 0.462. The number of nitrogens with one attached hydrogen (secondary N) is 1. The summed E-state index contributed by atoms with van der Waals surface area (Å²) in [4.78, 5) is 30.7. The Hall–Kier alpha value is -2.60. The molecule has 1 aromatic heterocycles. The number of amides is 1. The van der Waals surface area contributed by atoms with Crippen molar-refractivity contribution in [2.24, 2.45) is 17.8 Å². The molecule has 1 N–H and O–H groups in total. The molecule has 2 bridgehead atoms. The fraction of sp³-hybridized carbons (Fsp3) is 0.400. The zero-order valence-electron chi connectivity index (χ0n) is 17.7. The second-order valence-electron chi connectivity index (χ2n) is 8.87. The van der Waals surface area contributed by atoms with E-state index >= 15 is 0 Å². The average molecular weight is 434 g/mol. The van der Waals surface area contributed by atoms with E-state index in [0.717, 1.165) is 17.5 Å². The first-order chi connectivity index (χ1) is 15.1. The fourth-order valence-electron chi connectivity index (χ4n) is 5.45. The highest BCUT2D eigenvalue weighted by Crippen LogP contribution is 2.49. The topological polar surface area (TPSA) is 64.0 Å². The lowest BCUT2D eigenvalue weighted by Crippen LogP contribution is -2.41. The Morgan fingerprint density at radius 1 is 1.13 bits per heavy atom. The summed E-state index contributed by atoms with van der Waals surface area (Å²) in [6.45, 7) is 2.14. The summed E-state index contributed by atoms with van der Waals surface area (Å²) in [7, 11) is 0. The van der Waals surface area contributed by atoms with E-state index in [2.05, 4.69) is 12.2 Å². The number of benzene rings is 2. The lowest BCUT2D eigenvalue weighted by atomic mass is 9.84. The molecule has 2 aliphatic rings. The van der Waals surface area contributed by atoms with Crippen LogP contribution in [-0.4, -0.2) is 27.3 Å². The molecule has 0 saturated heterocycles. The van der Waals surface area contributed by atoms with Gasteiger partial charge in [-0.25, -0.2) is 4.98 Å². The number of carbonyl (C=O) groups is 1. The van der Waals surface area contributed by atoms with Gasteiger partial charge in [0.05, 0.1) is 22.3 Å². The second-order valence-corrected chi connectivity index (χ2v) is 9.81. The zero-order chi connectivity index (χ0) is 21.4. The van der Waals surface area contributed by atoms with Crippen LogP contribution in [0.15, 0.2) is 64.5 Å². The van der Waals surface area contributed by atoms with Crippen molar-refractivity contribution in [2.45, 2.75) is 43.8 Å². The van der Waals surface area contributed by atoms with Gasteiger partial charge in [-0.2, -0.15) is 0 Å². The largest absolute Gasteiger partial charge is 0.353 e. The third-order valence-corrected chi connectivity index (χ3v) is 7.85. The van der Waals surface area contributed by atoms with Gasteiger partial charge in [-0.15, -0.1) is 0 Å². The SMILES string of the molecule is C[C@H](NC(=O)CSc1nc2ccccc2c(=O)n1-c1ccccc1)[C@@H]1C[C@H]2CC[C@@H]1C2. The van der Waals surface area contributed by atoms with Gasteiger partial charge in [0.25, 0.3) is 5.56 Å². The minimum Gasteiger partial charge on any atom is -0.353 e. The van der Waals surface area contributed by atoms with E-state index < -0.39 is 0 Å². The lowest BCUT2D eigenvalue weighted by Gasteiger charge is -2.28. The van der Waals surface area contributed by atoms with Crippen molar-refractivity contribution >= 4 is 28.6 Å². The van der Waals surface area contributed by atoms with Gasteiger partial charge in [-0.3, -0.25) is 14.2 Å². The standard InChI is InChI=1S/C25H27N3O2S/c1-16(21-14-17-11-12-18(21)13-17)26-23(29)15-31-25-27-22-10-6-5-9-20(22)24(30)28(25)19-7-3-2-4-8-19/h2-10,16-18,21H,11-15H2,1H3,(H,26,29)/t16-,17-,18+,21-/m0/s1. The first-order valence-electron chi connectivity index (χ1n) is 11.1. The van der Waals surface area contributed by atoms with Gasteiger partial charge in [0.15, 0.2) is 5.16 Å². The van der Waals surface area contributed by atoms with Crippen LogP contribution >= 0.6 is 11.8 Å². The molecule has 0 aliphatic heterocycles. The van der Waals surface area contributed by atoms with E-state index in [4.69, 9.17) is 4.98 Å². The van der Waals surface area contributed by atoms with Gasteiger partial charge in [-0.05, 0) is 68.2 Å². The number of hydrogen-bond donors (Lipinski definition) is 1. The third-order valence-electron chi connectivity index (χ3n) is 6.92. The Morgan fingerprint density at radius 3 is 2.65 bits per heavy atom. The molecule has 2 fully saturated rings. The summed E-state index contributed by atoms with van der Waals surface area (Å²) in [6.07, 6.45) is 5.26. The van der Waals surface area contributed by atoms with Crippen LogP contribution in [0.2, 0.25) is 0 Å². The predicted octanol–water partition coefficient (Wildman–Crippen LogP) is 4.42. The van der Waals surface area contributed by atoms with Gasteiger partial charge >= 0.3 is 0 Å². The molecule has 2 aliphatic carbocycles. The molecule has 5 rings (SSSR count). The zero-order valence-corrected chi connectivity index (χ0v) is 18.5. The molecule has 31 heavy (non-hydrogen) atoms. The van der Waals surface area contributed by atoms with Crippen LogP contribution < -0.4 is 10.9 Å². The molecule has 2 aromatic carbocycles. The van der Waals surface area contributed by atoms with Gasteiger partial charge < -0.3 is 5.32 Å². The van der Waals surface area contributed by atoms with E-state index in [9.17, 15) is 9.59 Å². The van der Waals surface area contributed by atoms with Crippen LogP contribution in [0.3, 0.4) is 0 Å². The average Bonchev–Trinajstić information content (AvgIpc) is 3.42. The van der Waals surface area contributed by atoms with Crippen LogP contribution in [0, 0.1) is 17.8 Å². The molecule has 4 atom stereocenters. The van der Waals surface area contributed by atoms with E-state index in [1.165, 1.54) is 37.4 Å².